The molecule has 0 N–H and O–H groups in total. The lowest BCUT2D eigenvalue weighted by Gasteiger charge is -2.17. The molecule has 0 bridgehead atoms. The van der Waals surface area contributed by atoms with Crippen LogP contribution in [0.15, 0.2) is 54.1 Å². The highest BCUT2D eigenvalue weighted by Crippen LogP contribution is 2.15. The maximum atomic E-state index is 12.3. The second-order valence-electron chi connectivity index (χ2n) is 7.15. The maximum absolute atomic E-state index is 12.3. The van der Waals surface area contributed by atoms with Gasteiger partial charge in [0.25, 0.3) is 5.91 Å². The molecule has 6 heteroatoms. The number of carbonyl (C=O) groups excluding carboxylic acids is 2. The van der Waals surface area contributed by atoms with Crippen molar-refractivity contribution in [2.75, 3.05) is 32.6 Å². The summed E-state index contributed by atoms with van der Waals surface area (Å²) in [4.78, 5) is 27.9. The number of ether oxygens (including phenoxy) is 1. The first-order chi connectivity index (χ1) is 14.3. The van der Waals surface area contributed by atoms with Gasteiger partial charge < -0.3 is 14.5 Å². The summed E-state index contributed by atoms with van der Waals surface area (Å²) in [7, 11) is 5.51. The molecule has 0 aliphatic rings. The number of esters is 1. The minimum atomic E-state index is -0.816. The molecule has 0 aliphatic carbocycles. The van der Waals surface area contributed by atoms with E-state index >= 15 is 0 Å². The lowest BCUT2D eigenvalue weighted by molar-refractivity contribution is -0.148. The van der Waals surface area contributed by atoms with Crippen molar-refractivity contribution in [3.8, 4) is 6.07 Å². The molecule has 0 saturated carbocycles. The lowest BCUT2D eigenvalue weighted by Crippen LogP contribution is -2.31. The first kappa shape index (κ1) is 22.7. The molecule has 0 aliphatic heterocycles. The van der Waals surface area contributed by atoms with Gasteiger partial charge in [-0.2, -0.15) is 5.26 Å². The minimum Gasteiger partial charge on any atom is -0.451 e. The van der Waals surface area contributed by atoms with Crippen LogP contribution in [0.5, 0.6) is 0 Å². The molecule has 0 radical (unpaired) electrons. The Balaban J connectivity index is 1.93. The maximum Gasteiger partial charge on any atom is 0.349 e. The number of likely N-dealkylation sites (N-methyl/N-ethyl adjacent to an activating group) is 1. The quantitative estimate of drug-likeness (QED) is 0.382. The van der Waals surface area contributed by atoms with E-state index in [0.717, 1.165) is 17.7 Å². The summed E-state index contributed by atoms with van der Waals surface area (Å²) in [6.45, 7) is 2.09. The van der Waals surface area contributed by atoms with Crippen LogP contribution in [0.25, 0.3) is 6.08 Å². The fourth-order valence-corrected chi connectivity index (χ4v) is 2.73. The molecule has 0 saturated heterocycles. The minimum absolute atomic E-state index is 0.154. The van der Waals surface area contributed by atoms with Gasteiger partial charge in [0.15, 0.2) is 6.61 Å². The SMILES string of the molecule is CCc1ccc(CN(C)C(=O)COC(=O)/C(C#N)=C/c2ccc(N(C)C)cc2)cc1. The largest absolute Gasteiger partial charge is 0.451 e. The Morgan fingerprint density at radius 2 is 1.60 bits per heavy atom. The number of anilines is 1. The second-order valence-corrected chi connectivity index (χ2v) is 7.15. The van der Waals surface area contributed by atoms with E-state index in [1.165, 1.54) is 16.5 Å². The van der Waals surface area contributed by atoms with Crippen LogP contribution in [0.3, 0.4) is 0 Å². The molecule has 30 heavy (non-hydrogen) atoms. The van der Waals surface area contributed by atoms with Gasteiger partial charge >= 0.3 is 5.97 Å². The van der Waals surface area contributed by atoms with Crippen LogP contribution in [-0.4, -0.2) is 44.5 Å². The van der Waals surface area contributed by atoms with Crippen molar-refractivity contribution in [3.63, 3.8) is 0 Å². The fourth-order valence-electron chi connectivity index (χ4n) is 2.73. The van der Waals surface area contributed by atoms with Gasteiger partial charge in [0.05, 0.1) is 0 Å². The Kier molecular flexibility index (Phi) is 8.18. The van der Waals surface area contributed by atoms with E-state index < -0.39 is 12.6 Å². The van der Waals surface area contributed by atoms with E-state index in [2.05, 4.69) is 6.92 Å². The molecule has 0 fully saturated rings. The molecule has 2 aromatic carbocycles. The number of hydrogen-bond acceptors (Lipinski definition) is 5. The highest BCUT2D eigenvalue weighted by atomic mass is 16.5. The number of hydrogen-bond donors (Lipinski definition) is 0. The normalized spacial score (nSPS) is 10.8. The Hall–Kier alpha value is -3.59. The molecule has 2 rings (SSSR count). The van der Waals surface area contributed by atoms with E-state index in [-0.39, 0.29) is 11.5 Å². The molecule has 0 unspecified atom stereocenters. The number of rotatable bonds is 8. The summed E-state index contributed by atoms with van der Waals surface area (Å²) in [6.07, 6.45) is 2.41. The molecule has 6 nitrogen and oxygen atoms in total. The van der Waals surface area contributed by atoms with E-state index in [4.69, 9.17) is 4.74 Å². The Morgan fingerprint density at radius 1 is 1.00 bits per heavy atom. The number of amides is 1. The van der Waals surface area contributed by atoms with Crippen LogP contribution in [0.2, 0.25) is 0 Å². The molecule has 0 spiro atoms. The van der Waals surface area contributed by atoms with Crippen LogP contribution in [0.4, 0.5) is 5.69 Å². The van der Waals surface area contributed by atoms with Gasteiger partial charge in [-0.3, -0.25) is 4.79 Å². The zero-order valence-electron chi connectivity index (χ0n) is 17.9. The Morgan fingerprint density at radius 3 is 2.13 bits per heavy atom. The smallest absolute Gasteiger partial charge is 0.349 e. The summed E-state index contributed by atoms with van der Waals surface area (Å²) < 4.78 is 5.06. The van der Waals surface area contributed by atoms with Crippen molar-refractivity contribution >= 4 is 23.6 Å². The number of aryl methyl sites for hydroxylation is 1. The average molecular weight is 405 g/mol. The van der Waals surface area contributed by atoms with Gasteiger partial charge in [-0.1, -0.05) is 43.3 Å². The van der Waals surface area contributed by atoms with Gasteiger partial charge in [0.1, 0.15) is 11.6 Å². The summed E-state index contributed by atoms with van der Waals surface area (Å²) >= 11 is 0. The van der Waals surface area contributed by atoms with E-state index in [1.54, 1.807) is 7.05 Å². The highest BCUT2D eigenvalue weighted by Gasteiger charge is 2.16. The summed E-state index contributed by atoms with van der Waals surface area (Å²) in [6, 6.07) is 17.3. The van der Waals surface area contributed by atoms with Gasteiger partial charge in [0, 0.05) is 33.4 Å². The molecule has 156 valence electrons. The van der Waals surface area contributed by atoms with Crippen molar-refractivity contribution in [2.24, 2.45) is 0 Å². The van der Waals surface area contributed by atoms with Gasteiger partial charge in [-0.15, -0.1) is 0 Å². The van der Waals surface area contributed by atoms with Crippen LogP contribution >= 0.6 is 0 Å². The first-order valence-corrected chi connectivity index (χ1v) is 9.72. The van der Waals surface area contributed by atoms with Gasteiger partial charge in [0.2, 0.25) is 0 Å². The number of nitriles is 1. The summed E-state index contributed by atoms with van der Waals surface area (Å²) in [5, 5.41) is 9.29. The average Bonchev–Trinajstić information content (AvgIpc) is 2.76. The monoisotopic (exact) mass is 405 g/mol. The zero-order valence-corrected chi connectivity index (χ0v) is 17.9. The van der Waals surface area contributed by atoms with E-state index in [9.17, 15) is 14.9 Å². The Labute approximate surface area is 178 Å². The van der Waals surface area contributed by atoms with Crippen LogP contribution in [0.1, 0.15) is 23.6 Å². The van der Waals surface area contributed by atoms with E-state index in [0.29, 0.717) is 12.1 Å². The highest BCUT2D eigenvalue weighted by molar-refractivity contribution is 5.98. The summed E-state index contributed by atoms with van der Waals surface area (Å²) in [5.74, 6) is -1.15. The number of nitrogens with zero attached hydrogens (tertiary/aromatic N) is 3. The molecular weight excluding hydrogens is 378 g/mol. The molecule has 2 aromatic rings. The van der Waals surface area contributed by atoms with E-state index in [1.807, 2.05) is 73.6 Å². The van der Waals surface area contributed by atoms with Crippen molar-refractivity contribution in [3.05, 3.63) is 70.8 Å². The number of carbonyl (C=O) groups is 2. The van der Waals surface area contributed by atoms with Crippen LogP contribution in [-0.2, 0) is 27.3 Å². The third-order valence-electron chi connectivity index (χ3n) is 4.66. The zero-order chi connectivity index (χ0) is 22.1. The number of benzene rings is 2. The summed E-state index contributed by atoms with van der Waals surface area (Å²) in [5.41, 5.74) is 3.78. The fraction of sp³-hybridized carbons (Fsp3) is 0.292. The predicted molar refractivity (Wildman–Crippen MR) is 118 cm³/mol. The predicted octanol–water partition coefficient (Wildman–Crippen LogP) is 3.42. The standard InChI is InChI=1S/C24H27N3O3/c1-5-18-6-8-20(9-7-18)16-27(4)23(28)17-30-24(29)21(15-25)14-19-10-12-22(13-11-19)26(2)3/h6-14H,5,16-17H2,1-4H3/b21-14+. The topological polar surface area (TPSA) is 73.6 Å². The van der Waals surface area contributed by atoms with Gasteiger partial charge in [-0.05, 0) is 41.3 Å². The van der Waals surface area contributed by atoms with Crippen molar-refractivity contribution in [1.82, 2.24) is 4.90 Å². The lowest BCUT2D eigenvalue weighted by atomic mass is 10.1. The van der Waals surface area contributed by atoms with Crippen LogP contribution < -0.4 is 4.90 Å². The molecule has 0 atom stereocenters. The molecule has 0 heterocycles. The third kappa shape index (κ3) is 6.49. The molecular formula is C24H27N3O3. The van der Waals surface area contributed by atoms with Crippen molar-refractivity contribution < 1.29 is 14.3 Å². The van der Waals surface area contributed by atoms with Gasteiger partial charge in [-0.25, -0.2) is 4.79 Å². The van der Waals surface area contributed by atoms with Crippen molar-refractivity contribution in [2.45, 2.75) is 19.9 Å². The van der Waals surface area contributed by atoms with Crippen molar-refractivity contribution in [1.29, 1.82) is 5.26 Å². The van der Waals surface area contributed by atoms with Crippen LogP contribution in [0, 0.1) is 11.3 Å². The third-order valence-corrected chi connectivity index (χ3v) is 4.66. The molecule has 0 aromatic heterocycles. The molecule has 1 amide bonds. The second kappa shape index (κ2) is 10.8. The Bertz CT molecular complexity index is 939. The first-order valence-electron chi connectivity index (χ1n) is 9.72.